The molecule has 4 rings (SSSR count). The van der Waals surface area contributed by atoms with Crippen molar-refractivity contribution in [2.45, 2.75) is 26.3 Å². The first-order valence-corrected chi connectivity index (χ1v) is 9.50. The van der Waals surface area contributed by atoms with Gasteiger partial charge in [0.25, 0.3) is 0 Å². The zero-order chi connectivity index (χ0) is 19.7. The minimum absolute atomic E-state index is 0.000765. The molecule has 1 N–H and O–H groups in total. The lowest BCUT2D eigenvalue weighted by molar-refractivity contribution is 0.0831. The number of likely N-dealkylation sites (tertiary alicyclic amines) is 1. The van der Waals surface area contributed by atoms with Crippen molar-refractivity contribution in [3.63, 3.8) is 0 Å². The number of nitrogens with zero attached hydrogens (tertiary/aromatic N) is 5. The third-order valence-electron chi connectivity index (χ3n) is 5.27. The minimum Gasteiger partial charge on any atom is -0.332 e. The number of carbonyl (C=O) groups excluding carboxylic acids is 2. The van der Waals surface area contributed by atoms with Gasteiger partial charge >= 0.3 is 6.03 Å². The number of aryl methyl sites for hydroxylation is 2. The highest BCUT2D eigenvalue weighted by molar-refractivity contribution is 5.95. The van der Waals surface area contributed by atoms with Gasteiger partial charge in [0, 0.05) is 50.8 Å². The second kappa shape index (κ2) is 7.46. The third kappa shape index (κ3) is 3.49. The predicted octanol–water partition coefficient (Wildman–Crippen LogP) is 2.18. The highest BCUT2D eigenvalue weighted by Gasteiger charge is 2.30. The largest absolute Gasteiger partial charge is 0.332 e. The first kappa shape index (κ1) is 18.2. The average Bonchev–Trinajstić information content (AvgIpc) is 3.32. The van der Waals surface area contributed by atoms with Crippen LogP contribution < -0.4 is 5.32 Å². The van der Waals surface area contributed by atoms with Gasteiger partial charge in [-0.25, -0.2) is 14.8 Å². The maximum absolute atomic E-state index is 12.7. The Bertz CT molecular complexity index is 1020. The van der Waals surface area contributed by atoms with E-state index >= 15 is 0 Å². The molecule has 0 aliphatic carbocycles. The number of ketones is 1. The number of aromatic nitrogens is 4. The van der Waals surface area contributed by atoms with Crippen LogP contribution in [0.25, 0.3) is 5.65 Å². The number of Topliss-reactive ketones (excluding diaryl/α,β-unsaturated/α-hetero) is 1. The molecule has 0 spiro atoms. The normalized spacial score (nSPS) is 17.1. The first-order chi connectivity index (χ1) is 13.5. The summed E-state index contributed by atoms with van der Waals surface area (Å²) in [6.07, 6.45) is 8.84. The molecule has 146 valence electrons. The fourth-order valence-corrected chi connectivity index (χ4v) is 3.73. The lowest BCUT2D eigenvalue weighted by Gasteiger charge is -2.31. The molecular formula is C20H24N6O2. The average molecular weight is 380 g/mol. The van der Waals surface area contributed by atoms with Gasteiger partial charge in [0.05, 0.1) is 12.2 Å². The number of rotatable bonds is 4. The molecule has 28 heavy (non-hydrogen) atoms. The van der Waals surface area contributed by atoms with Crippen LogP contribution in [0, 0.1) is 12.8 Å². The molecule has 3 aromatic heterocycles. The quantitative estimate of drug-likeness (QED) is 0.703. The van der Waals surface area contributed by atoms with Crippen LogP contribution in [0.1, 0.15) is 34.7 Å². The molecule has 0 radical (unpaired) electrons. The van der Waals surface area contributed by atoms with Crippen molar-refractivity contribution in [3.05, 3.63) is 54.0 Å². The molecule has 1 aliphatic heterocycles. The fourth-order valence-electron chi connectivity index (χ4n) is 3.73. The Morgan fingerprint density at radius 1 is 1.32 bits per heavy atom. The monoisotopic (exact) mass is 380 g/mol. The molecule has 4 heterocycles. The molecule has 1 saturated heterocycles. The molecule has 1 fully saturated rings. The van der Waals surface area contributed by atoms with Crippen molar-refractivity contribution in [1.82, 2.24) is 29.2 Å². The summed E-state index contributed by atoms with van der Waals surface area (Å²) >= 11 is 0. The first-order valence-electron chi connectivity index (χ1n) is 9.50. The number of carbonyl (C=O) groups is 2. The summed E-state index contributed by atoms with van der Waals surface area (Å²) in [7, 11) is 1.81. The molecule has 0 bridgehead atoms. The van der Waals surface area contributed by atoms with Crippen LogP contribution in [0.3, 0.4) is 0 Å². The standard InChI is InChI=1S/C20H24N6O2/c1-14-5-3-8-25-13-16(23-18(14)25)11-22-20(28)26-9-4-6-15(12-26)17(27)19-21-7-10-24(19)2/h3,5,7-8,10,13,15H,4,6,9,11-12H2,1-2H3,(H,22,28)/t15-/m1/s1. The number of fused-ring (bicyclic) bond motifs is 1. The Morgan fingerprint density at radius 2 is 2.18 bits per heavy atom. The molecule has 8 heteroatoms. The molecule has 1 aliphatic rings. The predicted molar refractivity (Wildman–Crippen MR) is 104 cm³/mol. The number of urea groups is 1. The molecule has 1 atom stereocenters. The van der Waals surface area contributed by atoms with Gasteiger partial charge in [0.2, 0.25) is 5.78 Å². The number of hydrogen-bond donors (Lipinski definition) is 1. The van der Waals surface area contributed by atoms with E-state index in [2.05, 4.69) is 15.3 Å². The van der Waals surface area contributed by atoms with Crippen LogP contribution >= 0.6 is 0 Å². The van der Waals surface area contributed by atoms with Gasteiger partial charge in [-0.2, -0.15) is 0 Å². The van der Waals surface area contributed by atoms with E-state index in [4.69, 9.17) is 0 Å². The van der Waals surface area contributed by atoms with Crippen LogP contribution in [-0.4, -0.2) is 48.7 Å². The van der Waals surface area contributed by atoms with Gasteiger partial charge in [0.15, 0.2) is 5.82 Å². The SMILES string of the molecule is Cc1cccn2cc(CNC(=O)N3CCC[C@@H](C(=O)c4nccn4C)C3)nc12. The number of piperidine rings is 1. The van der Waals surface area contributed by atoms with Crippen LogP contribution in [0.4, 0.5) is 4.79 Å². The maximum atomic E-state index is 12.7. The fraction of sp³-hybridized carbons (Fsp3) is 0.400. The number of amides is 2. The van der Waals surface area contributed by atoms with Gasteiger partial charge in [-0.3, -0.25) is 4.79 Å². The summed E-state index contributed by atoms with van der Waals surface area (Å²) in [5.41, 5.74) is 2.79. The Labute approximate surface area is 163 Å². The summed E-state index contributed by atoms with van der Waals surface area (Å²) in [4.78, 5) is 35.8. The Hall–Kier alpha value is -3.16. The van der Waals surface area contributed by atoms with Crippen molar-refractivity contribution in [1.29, 1.82) is 0 Å². The van der Waals surface area contributed by atoms with Gasteiger partial charge in [0.1, 0.15) is 5.65 Å². The summed E-state index contributed by atoms with van der Waals surface area (Å²) in [6, 6.07) is 3.82. The van der Waals surface area contributed by atoms with E-state index in [0.717, 1.165) is 29.7 Å². The second-order valence-corrected chi connectivity index (χ2v) is 7.32. The minimum atomic E-state index is -0.210. The smallest absolute Gasteiger partial charge is 0.317 e. The van der Waals surface area contributed by atoms with E-state index < -0.39 is 0 Å². The van der Waals surface area contributed by atoms with Crippen LogP contribution in [0.5, 0.6) is 0 Å². The zero-order valence-corrected chi connectivity index (χ0v) is 16.1. The van der Waals surface area contributed by atoms with Crippen molar-refractivity contribution in [2.75, 3.05) is 13.1 Å². The summed E-state index contributed by atoms with van der Waals surface area (Å²) < 4.78 is 3.69. The van der Waals surface area contributed by atoms with E-state index in [1.807, 2.05) is 42.9 Å². The van der Waals surface area contributed by atoms with E-state index in [0.29, 0.717) is 25.5 Å². The number of imidazole rings is 2. The third-order valence-corrected chi connectivity index (χ3v) is 5.27. The lowest BCUT2D eigenvalue weighted by Crippen LogP contribution is -2.47. The van der Waals surface area contributed by atoms with Crippen LogP contribution in [0.15, 0.2) is 36.9 Å². The van der Waals surface area contributed by atoms with Crippen molar-refractivity contribution >= 4 is 17.5 Å². The van der Waals surface area contributed by atoms with E-state index in [-0.39, 0.29) is 17.7 Å². The van der Waals surface area contributed by atoms with Gasteiger partial charge < -0.3 is 19.2 Å². The highest BCUT2D eigenvalue weighted by Crippen LogP contribution is 2.20. The molecule has 2 amide bonds. The van der Waals surface area contributed by atoms with E-state index in [1.165, 1.54) is 0 Å². The van der Waals surface area contributed by atoms with Crippen molar-refractivity contribution in [2.24, 2.45) is 13.0 Å². The van der Waals surface area contributed by atoms with E-state index in [9.17, 15) is 9.59 Å². The molecule has 3 aromatic rings. The summed E-state index contributed by atoms with van der Waals surface area (Å²) in [6.45, 7) is 3.44. The van der Waals surface area contributed by atoms with Crippen molar-refractivity contribution in [3.8, 4) is 0 Å². The Balaban J connectivity index is 1.38. The summed E-state index contributed by atoms with van der Waals surface area (Å²) in [5, 5.41) is 2.93. The Kier molecular flexibility index (Phi) is 4.85. The van der Waals surface area contributed by atoms with Gasteiger partial charge in [-0.1, -0.05) is 6.07 Å². The summed E-state index contributed by atoms with van der Waals surface area (Å²) in [5.74, 6) is 0.242. The second-order valence-electron chi connectivity index (χ2n) is 7.32. The Morgan fingerprint density at radius 3 is 2.93 bits per heavy atom. The molecule has 0 saturated carbocycles. The molecular weight excluding hydrogens is 356 g/mol. The zero-order valence-electron chi connectivity index (χ0n) is 16.1. The van der Waals surface area contributed by atoms with Crippen LogP contribution in [-0.2, 0) is 13.6 Å². The van der Waals surface area contributed by atoms with Crippen LogP contribution in [0.2, 0.25) is 0 Å². The van der Waals surface area contributed by atoms with Gasteiger partial charge in [-0.15, -0.1) is 0 Å². The van der Waals surface area contributed by atoms with Crippen molar-refractivity contribution < 1.29 is 9.59 Å². The van der Waals surface area contributed by atoms with Gasteiger partial charge in [-0.05, 0) is 31.4 Å². The molecule has 0 aromatic carbocycles. The molecule has 8 nitrogen and oxygen atoms in total. The molecule has 0 unspecified atom stereocenters. The van der Waals surface area contributed by atoms with E-state index in [1.54, 1.807) is 21.9 Å². The lowest BCUT2D eigenvalue weighted by atomic mass is 9.93. The highest BCUT2D eigenvalue weighted by atomic mass is 16.2. The number of hydrogen-bond acceptors (Lipinski definition) is 4. The number of pyridine rings is 1. The maximum Gasteiger partial charge on any atom is 0.317 e. The number of nitrogens with one attached hydrogen (secondary N) is 1. The topological polar surface area (TPSA) is 84.5 Å².